The van der Waals surface area contributed by atoms with Crippen LogP contribution in [0.4, 0.5) is 0 Å². The lowest BCUT2D eigenvalue weighted by Gasteiger charge is -2.18. The van der Waals surface area contributed by atoms with E-state index in [9.17, 15) is 0 Å². The quantitative estimate of drug-likeness (QED) is 0.417. The van der Waals surface area contributed by atoms with Gasteiger partial charge in [-0.25, -0.2) is 0 Å². The minimum absolute atomic E-state index is 0.446. The molecule has 0 aliphatic rings. The summed E-state index contributed by atoms with van der Waals surface area (Å²) >= 11 is 0. The molecule has 22 heavy (non-hydrogen) atoms. The molecule has 0 saturated carbocycles. The Bertz CT molecular complexity index is 428. The van der Waals surface area contributed by atoms with Crippen LogP contribution in [0.1, 0.15) is 50.7 Å². The van der Waals surface area contributed by atoms with Gasteiger partial charge in [0.05, 0.1) is 6.61 Å². The summed E-state index contributed by atoms with van der Waals surface area (Å²) in [7, 11) is 3.53. The van der Waals surface area contributed by atoms with E-state index in [1.807, 2.05) is 7.05 Å². The Labute approximate surface area is 135 Å². The molecule has 124 valence electrons. The predicted octanol–water partition coefficient (Wildman–Crippen LogP) is 3.47. The number of rotatable bonds is 9. The first-order valence-corrected chi connectivity index (χ1v) is 8.23. The number of nitrogens with one attached hydrogen (secondary N) is 2. The number of methoxy groups -OCH3 is 1. The summed E-state index contributed by atoms with van der Waals surface area (Å²) in [4.78, 5) is 4.29. The molecule has 0 aliphatic carbocycles. The van der Waals surface area contributed by atoms with E-state index >= 15 is 0 Å². The van der Waals surface area contributed by atoms with E-state index in [4.69, 9.17) is 4.74 Å². The molecule has 0 heterocycles. The maximum absolute atomic E-state index is 5.12. The van der Waals surface area contributed by atoms with Gasteiger partial charge in [0.2, 0.25) is 0 Å². The number of hydrogen-bond donors (Lipinski definition) is 2. The summed E-state index contributed by atoms with van der Waals surface area (Å²) in [5, 5.41) is 6.81. The van der Waals surface area contributed by atoms with Gasteiger partial charge in [0.25, 0.3) is 0 Å². The van der Waals surface area contributed by atoms with Crippen molar-refractivity contribution in [2.75, 3.05) is 14.2 Å². The monoisotopic (exact) mass is 305 g/mol. The molecule has 0 aromatic heterocycles. The molecule has 0 aliphatic heterocycles. The van der Waals surface area contributed by atoms with Gasteiger partial charge in [0, 0.05) is 26.7 Å². The Kier molecular flexibility index (Phi) is 9.31. The molecule has 4 heteroatoms. The van der Waals surface area contributed by atoms with Gasteiger partial charge in [-0.15, -0.1) is 0 Å². The summed E-state index contributed by atoms with van der Waals surface area (Å²) in [6.07, 6.45) is 5.01. The summed E-state index contributed by atoms with van der Waals surface area (Å²) in [5.41, 5.74) is 2.43. The van der Waals surface area contributed by atoms with Crippen molar-refractivity contribution in [1.29, 1.82) is 0 Å². The van der Waals surface area contributed by atoms with Gasteiger partial charge in [-0.1, -0.05) is 50.5 Å². The van der Waals surface area contributed by atoms with Crippen LogP contribution in [0.2, 0.25) is 0 Å². The van der Waals surface area contributed by atoms with Crippen molar-refractivity contribution in [3.63, 3.8) is 0 Å². The molecule has 1 atom stereocenters. The standard InChI is InChI=1S/C18H31N3O/c1-5-6-7-8-15(2)21-18(19-3)20-13-16-9-11-17(12-10-16)14-22-4/h9-12,15H,5-8,13-14H2,1-4H3,(H2,19,20,21). The second-order valence-corrected chi connectivity index (χ2v) is 5.72. The van der Waals surface area contributed by atoms with Crippen LogP contribution in [0.25, 0.3) is 0 Å². The van der Waals surface area contributed by atoms with E-state index in [2.05, 4.69) is 53.7 Å². The van der Waals surface area contributed by atoms with Gasteiger partial charge in [0.1, 0.15) is 0 Å². The van der Waals surface area contributed by atoms with E-state index in [0.29, 0.717) is 12.6 Å². The highest BCUT2D eigenvalue weighted by atomic mass is 16.5. The van der Waals surface area contributed by atoms with E-state index in [0.717, 1.165) is 12.5 Å². The van der Waals surface area contributed by atoms with Gasteiger partial charge < -0.3 is 15.4 Å². The Balaban J connectivity index is 2.36. The molecule has 0 bridgehead atoms. The molecular formula is C18H31N3O. The molecule has 2 N–H and O–H groups in total. The summed E-state index contributed by atoms with van der Waals surface area (Å²) in [6.45, 7) is 5.87. The summed E-state index contributed by atoms with van der Waals surface area (Å²) in [5.74, 6) is 0.866. The Morgan fingerprint density at radius 2 is 1.86 bits per heavy atom. The number of guanidine groups is 1. The first-order chi connectivity index (χ1) is 10.7. The lowest BCUT2D eigenvalue weighted by Crippen LogP contribution is -2.41. The van der Waals surface area contributed by atoms with Gasteiger partial charge in [-0.2, -0.15) is 0 Å². The van der Waals surface area contributed by atoms with Gasteiger partial charge in [-0.3, -0.25) is 4.99 Å². The maximum Gasteiger partial charge on any atom is 0.191 e. The number of aliphatic imine (C=N–C) groups is 1. The van der Waals surface area contributed by atoms with Crippen molar-refractivity contribution in [2.24, 2.45) is 4.99 Å². The van der Waals surface area contributed by atoms with Crippen LogP contribution < -0.4 is 10.6 Å². The minimum atomic E-state index is 0.446. The Hall–Kier alpha value is -1.55. The normalized spacial score (nSPS) is 13.0. The van der Waals surface area contributed by atoms with Gasteiger partial charge in [0.15, 0.2) is 5.96 Å². The third-order valence-electron chi connectivity index (χ3n) is 3.64. The van der Waals surface area contributed by atoms with Crippen LogP contribution in [0.3, 0.4) is 0 Å². The average Bonchev–Trinajstić information content (AvgIpc) is 2.53. The molecule has 1 aromatic carbocycles. The highest BCUT2D eigenvalue weighted by molar-refractivity contribution is 5.79. The molecule has 0 fully saturated rings. The smallest absolute Gasteiger partial charge is 0.191 e. The van der Waals surface area contributed by atoms with E-state index in [1.165, 1.54) is 36.8 Å². The number of unbranched alkanes of at least 4 members (excludes halogenated alkanes) is 2. The van der Waals surface area contributed by atoms with Crippen LogP contribution in [-0.4, -0.2) is 26.2 Å². The van der Waals surface area contributed by atoms with E-state index in [-0.39, 0.29) is 0 Å². The average molecular weight is 305 g/mol. The molecular weight excluding hydrogens is 274 g/mol. The topological polar surface area (TPSA) is 45.7 Å². The molecule has 0 spiro atoms. The zero-order chi connectivity index (χ0) is 16.2. The molecule has 1 aromatic rings. The Morgan fingerprint density at radius 3 is 2.45 bits per heavy atom. The van der Waals surface area contributed by atoms with Crippen LogP contribution >= 0.6 is 0 Å². The summed E-state index contributed by atoms with van der Waals surface area (Å²) < 4.78 is 5.12. The highest BCUT2D eigenvalue weighted by Crippen LogP contribution is 2.06. The largest absolute Gasteiger partial charge is 0.380 e. The fraction of sp³-hybridized carbons (Fsp3) is 0.611. The predicted molar refractivity (Wildman–Crippen MR) is 94.1 cm³/mol. The minimum Gasteiger partial charge on any atom is -0.380 e. The van der Waals surface area contributed by atoms with E-state index < -0.39 is 0 Å². The number of hydrogen-bond acceptors (Lipinski definition) is 2. The number of nitrogens with zero attached hydrogens (tertiary/aromatic N) is 1. The molecule has 1 unspecified atom stereocenters. The molecule has 0 saturated heterocycles. The first kappa shape index (κ1) is 18.5. The van der Waals surface area contributed by atoms with Crippen LogP contribution in [0.5, 0.6) is 0 Å². The molecule has 1 rings (SSSR count). The second kappa shape index (κ2) is 11.1. The molecule has 0 amide bonds. The van der Waals surface area contributed by atoms with Crippen molar-refractivity contribution in [3.8, 4) is 0 Å². The first-order valence-electron chi connectivity index (χ1n) is 8.23. The highest BCUT2D eigenvalue weighted by Gasteiger charge is 2.04. The third-order valence-corrected chi connectivity index (χ3v) is 3.64. The fourth-order valence-corrected chi connectivity index (χ4v) is 2.31. The van der Waals surface area contributed by atoms with E-state index in [1.54, 1.807) is 7.11 Å². The van der Waals surface area contributed by atoms with Gasteiger partial charge in [-0.05, 0) is 24.5 Å². The van der Waals surface area contributed by atoms with Crippen LogP contribution in [0.15, 0.2) is 29.3 Å². The number of benzene rings is 1. The third kappa shape index (κ3) is 7.46. The molecule has 0 radical (unpaired) electrons. The fourth-order valence-electron chi connectivity index (χ4n) is 2.31. The Morgan fingerprint density at radius 1 is 1.18 bits per heavy atom. The second-order valence-electron chi connectivity index (χ2n) is 5.72. The number of ether oxygens (including phenoxy) is 1. The lowest BCUT2D eigenvalue weighted by molar-refractivity contribution is 0.185. The van der Waals surface area contributed by atoms with Crippen LogP contribution in [-0.2, 0) is 17.9 Å². The van der Waals surface area contributed by atoms with Gasteiger partial charge >= 0.3 is 0 Å². The zero-order valence-corrected chi connectivity index (χ0v) is 14.5. The lowest BCUT2D eigenvalue weighted by atomic mass is 10.1. The van der Waals surface area contributed by atoms with Crippen molar-refractivity contribution < 1.29 is 4.74 Å². The van der Waals surface area contributed by atoms with Crippen molar-refractivity contribution in [3.05, 3.63) is 35.4 Å². The summed E-state index contributed by atoms with van der Waals surface area (Å²) in [6, 6.07) is 8.90. The maximum atomic E-state index is 5.12. The van der Waals surface area contributed by atoms with Crippen molar-refractivity contribution in [1.82, 2.24) is 10.6 Å². The van der Waals surface area contributed by atoms with Crippen molar-refractivity contribution in [2.45, 2.75) is 58.7 Å². The molecule has 4 nitrogen and oxygen atoms in total. The SMILES string of the molecule is CCCCCC(C)NC(=NC)NCc1ccc(COC)cc1. The van der Waals surface area contributed by atoms with Crippen molar-refractivity contribution >= 4 is 5.96 Å². The zero-order valence-electron chi connectivity index (χ0n) is 14.5. The van der Waals surface area contributed by atoms with Crippen LogP contribution in [0, 0.1) is 0 Å².